The van der Waals surface area contributed by atoms with E-state index >= 15 is 0 Å². The molecule has 0 unspecified atom stereocenters. The average Bonchev–Trinajstić information content (AvgIpc) is 2.58. The van der Waals surface area contributed by atoms with Crippen molar-refractivity contribution in [3.63, 3.8) is 0 Å². The molecule has 1 aromatic carbocycles. The monoisotopic (exact) mass is 339 g/mol. The van der Waals surface area contributed by atoms with E-state index in [1.807, 2.05) is 32.0 Å². The van der Waals surface area contributed by atoms with Crippen LogP contribution in [0.15, 0.2) is 30.5 Å². The predicted molar refractivity (Wildman–Crippen MR) is 86.7 cm³/mol. The minimum atomic E-state index is -4.55. The molecular formula is C17H20F3N3O. The number of rotatable bonds is 6. The van der Waals surface area contributed by atoms with E-state index in [1.165, 1.54) is 4.90 Å². The van der Waals surface area contributed by atoms with Gasteiger partial charge in [0.1, 0.15) is 5.56 Å². The van der Waals surface area contributed by atoms with Gasteiger partial charge >= 0.3 is 12.2 Å². The van der Waals surface area contributed by atoms with Crippen LogP contribution in [0, 0.1) is 0 Å². The van der Waals surface area contributed by atoms with Crippen molar-refractivity contribution in [3.05, 3.63) is 41.6 Å². The van der Waals surface area contributed by atoms with E-state index in [-0.39, 0.29) is 11.8 Å². The van der Waals surface area contributed by atoms with Gasteiger partial charge in [-0.1, -0.05) is 26.0 Å². The van der Waals surface area contributed by atoms with Crippen LogP contribution in [0.1, 0.15) is 31.4 Å². The Labute approximate surface area is 139 Å². The Hall–Kier alpha value is -2.31. The summed E-state index contributed by atoms with van der Waals surface area (Å²) in [6, 6.07) is 7.27. The first-order chi connectivity index (χ1) is 11.4. The molecule has 2 aromatic rings. The maximum Gasteiger partial charge on any atom is 0.421 e. The van der Waals surface area contributed by atoms with E-state index < -0.39 is 11.7 Å². The summed E-state index contributed by atoms with van der Waals surface area (Å²) in [7, 11) is 1.55. The standard InChI is InChI=1S/C17H20F3N3O/c1-4-9-24-16-21-11-14(17(18,19)20)15(22-16)23(3)13-8-6-7-12(5-2)10-13/h6-8,10-11H,4-5,9H2,1-3H3. The SMILES string of the molecule is CCCOc1ncc(C(F)(F)F)c(N(C)c2cccc(CC)c2)n1. The smallest absolute Gasteiger partial charge is 0.421 e. The fraction of sp³-hybridized carbons (Fsp3) is 0.412. The molecule has 7 heteroatoms. The quantitative estimate of drug-likeness (QED) is 0.770. The zero-order chi connectivity index (χ0) is 17.7. The lowest BCUT2D eigenvalue weighted by atomic mass is 10.1. The van der Waals surface area contributed by atoms with Gasteiger partial charge in [-0.15, -0.1) is 0 Å². The van der Waals surface area contributed by atoms with Crippen LogP contribution >= 0.6 is 0 Å². The van der Waals surface area contributed by atoms with Gasteiger partial charge in [-0.2, -0.15) is 18.2 Å². The van der Waals surface area contributed by atoms with Gasteiger partial charge in [0.25, 0.3) is 0 Å². The zero-order valence-corrected chi connectivity index (χ0v) is 13.9. The zero-order valence-electron chi connectivity index (χ0n) is 13.9. The normalized spacial score (nSPS) is 11.4. The lowest BCUT2D eigenvalue weighted by Crippen LogP contribution is -2.19. The largest absolute Gasteiger partial charge is 0.463 e. The molecule has 0 aliphatic carbocycles. The number of aryl methyl sites for hydroxylation is 1. The lowest BCUT2D eigenvalue weighted by Gasteiger charge is -2.23. The molecule has 0 saturated carbocycles. The van der Waals surface area contributed by atoms with Crippen molar-refractivity contribution in [2.45, 2.75) is 32.9 Å². The second-order valence-corrected chi connectivity index (χ2v) is 5.32. The van der Waals surface area contributed by atoms with Crippen LogP contribution in [-0.4, -0.2) is 23.6 Å². The molecule has 0 amide bonds. The van der Waals surface area contributed by atoms with Gasteiger partial charge in [0.15, 0.2) is 5.82 Å². The molecule has 4 nitrogen and oxygen atoms in total. The highest BCUT2D eigenvalue weighted by Gasteiger charge is 2.36. The molecule has 24 heavy (non-hydrogen) atoms. The molecule has 0 bridgehead atoms. The van der Waals surface area contributed by atoms with Crippen LogP contribution in [0.4, 0.5) is 24.7 Å². The lowest BCUT2D eigenvalue weighted by molar-refractivity contribution is -0.137. The molecule has 0 aliphatic rings. The maximum absolute atomic E-state index is 13.3. The number of hydrogen-bond donors (Lipinski definition) is 0. The number of nitrogens with zero attached hydrogens (tertiary/aromatic N) is 3. The minimum absolute atomic E-state index is 0.0571. The predicted octanol–water partition coefficient (Wildman–Crippen LogP) is 4.61. The molecule has 0 fully saturated rings. The van der Waals surface area contributed by atoms with Gasteiger partial charge in [0.05, 0.1) is 6.61 Å². The van der Waals surface area contributed by atoms with Crippen LogP contribution in [0.5, 0.6) is 6.01 Å². The van der Waals surface area contributed by atoms with Crippen LogP contribution in [-0.2, 0) is 12.6 Å². The third-order valence-electron chi connectivity index (χ3n) is 3.51. The first-order valence-electron chi connectivity index (χ1n) is 7.76. The second-order valence-electron chi connectivity index (χ2n) is 5.32. The van der Waals surface area contributed by atoms with Crippen molar-refractivity contribution in [1.29, 1.82) is 0 Å². The number of benzene rings is 1. The molecule has 130 valence electrons. The summed E-state index contributed by atoms with van der Waals surface area (Å²) in [5.74, 6) is -0.225. The first kappa shape index (κ1) is 18.0. The van der Waals surface area contributed by atoms with Crippen LogP contribution < -0.4 is 9.64 Å². The summed E-state index contributed by atoms with van der Waals surface area (Å²) >= 11 is 0. The van der Waals surface area contributed by atoms with Crippen LogP contribution in [0.2, 0.25) is 0 Å². The van der Waals surface area contributed by atoms with Gasteiger partial charge in [0.2, 0.25) is 0 Å². The van der Waals surface area contributed by atoms with Gasteiger partial charge in [-0.25, -0.2) is 4.98 Å². The highest BCUT2D eigenvalue weighted by molar-refractivity contribution is 5.63. The number of hydrogen-bond acceptors (Lipinski definition) is 4. The molecule has 1 aromatic heterocycles. The van der Waals surface area contributed by atoms with E-state index in [0.29, 0.717) is 18.7 Å². The highest BCUT2D eigenvalue weighted by Crippen LogP contribution is 2.37. The molecule has 2 rings (SSSR count). The maximum atomic E-state index is 13.3. The number of ether oxygens (including phenoxy) is 1. The highest BCUT2D eigenvalue weighted by atomic mass is 19.4. The van der Waals surface area contributed by atoms with Crippen LogP contribution in [0.25, 0.3) is 0 Å². The summed E-state index contributed by atoms with van der Waals surface area (Å²) in [6.07, 6.45) is -2.26. The molecule has 0 atom stereocenters. The Balaban J connectivity index is 2.47. The van der Waals surface area contributed by atoms with E-state index in [4.69, 9.17) is 4.74 Å². The Morgan fingerprint density at radius 3 is 2.58 bits per heavy atom. The van der Waals surface area contributed by atoms with E-state index in [0.717, 1.165) is 18.2 Å². The van der Waals surface area contributed by atoms with Crippen LogP contribution in [0.3, 0.4) is 0 Å². The van der Waals surface area contributed by atoms with Crippen molar-refractivity contribution in [3.8, 4) is 6.01 Å². The molecule has 0 spiro atoms. The number of halogens is 3. The fourth-order valence-electron chi connectivity index (χ4n) is 2.18. The molecule has 0 aliphatic heterocycles. The van der Waals surface area contributed by atoms with Crippen molar-refractivity contribution < 1.29 is 17.9 Å². The van der Waals surface area contributed by atoms with E-state index in [2.05, 4.69) is 9.97 Å². The number of aromatic nitrogens is 2. The van der Waals surface area contributed by atoms with E-state index in [1.54, 1.807) is 13.1 Å². The third kappa shape index (κ3) is 4.15. The fourth-order valence-corrected chi connectivity index (χ4v) is 2.18. The minimum Gasteiger partial charge on any atom is -0.463 e. The van der Waals surface area contributed by atoms with Crippen molar-refractivity contribution in [2.75, 3.05) is 18.6 Å². The van der Waals surface area contributed by atoms with Crippen molar-refractivity contribution >= 4 is 11.5 Å². The topological polar surface area (TPSA) is 38.2 Å². The van der Waals surface area contributed by atoms with Crippen molar-refractivity contribution in [2.24, 2.45) is 0 Å². The summed E-state index contributed by atoms with van der Waals surface area (Å²) in [5, 5.41) is 0. The molecule has 0 saturated heterocycles. The summed E-state index contributed by atoms with van der Waals surface area (Å²) < 4.78 is 45.2. The Bertz CT molecular complexity index is 689. The summed E-state index contributed by atoms with van der Waals surface area (Å²) in [5.41, 5.74) is 0.764. The number of anilines is 2. The second kappa shape index (κ2) is 7.51. The Kier molecular flexibility index (Phi) is 5.64. The molecule has 0 radical (unpaired) electrons. The molecule has 0 N–H and O–H groups in total. The first-order valence-corrected chi connectivity index (χ1v) is 7.76. The third-order valence-corrected chi connectivity index (χ3v) is 3.51. The van der Waals surface area contributed by atoms with Gasteiger partial charge in [-0.05, 0) is 30.5 Å². The van der Waals surface area contributed by atoms with Crippen molar-refractivity contribution in [1.82, 2.24) is 9.97 Å². The molecular weight excluding hydrogens is 319 g/mol. The van der Waals surface area contributed by atoms with Gasteiger partial charge in [0, 0.05) is 18.9 Å². The Morgan fingerprint density at radius 1 is 1.21 bits per heavy atom. The summed E-state index contributed by atoms with van der Waals surface area (Å²) in [4.78, 5) is 9.06. The van der Waals surface area contributed by atoms with E-state index in [9.17, 15) is 13.2 Å². The Morgan fingerprint density at radius 2 is 1.96 bits per heavy atom. The average molecular weight is 339 g/mol. The molecule has 1 heterocycles. The van der Waals surface area contributed by atoms with Gasteiger partial charge in [-0.3, -0.25) is 0 Å². The van der Waals surface area contributed by atoms with Gasteiger partial charge < -0.3 is 9.64 Å². The summed E-state index contributed by atoms with van der Waals surface area (Å²) in [6.45, 7) is 4.23. The number of alkyl halides is 3.